The second-order valence-corrected chi connectivity index (χ2v) is 4.94. The molecule has 0 saturated carbocycles. The molecule has 0 radical (unpaired) electrons. The highest BCUT2D eigenvalue weighted by Gasteiger charge is 2.10. The van der Waals surface area contributed by atoms with Gasteiger partial charge >= 0.3 is 0 Å². The second kappa shape index (κ2) is 6.46. The van der Waals surface area contributed by atoms with Gasteiger partial charge in [0.1, 0.15) is 0 Å². The molecule has 0 aliphatic rings. The fourth-order valence-electron chi connectivity index (χ4n) is 2.06. The molecule has 8 nitrogen and oxygen atoms in total. The minimum Gasteiger partial charge on any atom is -0.338 e. The van der Waals surface area contributed by atoms with Gasteiger partial charge in [-0.05, 0) is 19.2 Å². The third-order valence-electron chi connectivity index (χ3n) is 3.05. The Bertz CT molecular complexity index is 722. The maximum Gasteiger partial charge on any atom is 0.240 e. The van der Waals surface area contributed by atoms with E-state index >= 15 is 0 Å². The van der Waals surface area contributed by atoms with E-state index in [-0.39, 0.29) is 6.54 Å². The molecule has 0 unspecified atom stereocenters. The van der Waals surface area contributed by atoms with Crippen molar-refractivity contribution in [2.24, 2.45) is 5.73 Å². The Kier molecular flexibility index (Phi) is 4.22. The summed E-state index contributed by atoms with van der Waals surface area (Å²) in [5.41, 5.74) is 7.25. The molecule has 3 rings (SSSR count). The zero-order valence-corrected chi connectivity index (χ0v) is 12.3. The van der Waals surface area contributed by atoms with Gasteiger partial charge in [-0.2, -0.15) is 20.0 Å². The van der Waals surface area contributed by atoms with Crippen LogP contribution in [0.5, 0.6) is 0 Å². The zero-order chi connectivity index (χ0) is 15.4. The molecule has 22 heavy (non-hydrogen) atoms. The zero-order valence-electron chi connectivity index (χ0n) is 12.3. The van der Waals surface area contributed by atoms with Crippen molar-refractivity contribution in [1.82, 2.24) is 30.0 Å². The van der Waals surface area contributed by atoms with E-state index in [0.717, 1.165) is 11.4 Å². The first-order valence-electron chi connectivity index (χ1n) is 6.91. The molecule has 0 spiro atoms. The number of benzene rings is 1. The lowest BCUT2D eigenvalue weighted by atomic mass is 10.3. The van der Waals surface area contributed by atoms with Crippen LogP contribution in [0.25, 0.3) is 5.69 Å². The summed E-state index contributed by atoms with van der Waals surface area (Å²) < 4.78 is 4.98. The number of rotatable bonds is 6. The molecule has 0 fully saturated rings. The fraction of sp³-hybridized carbons (Fsp3) is 0.286. The first-order valence-corrected chi connectivity index (χ1v) is 6.91. The van der Waals surface area contributed by atoms with Crippen molar-refractivity contribution in [1.29, 1.82) is 0 Å². The Hall–Kier alpha value is -2.58. The van der Waals surface area contributed by atoms with Crippen LogP contribution in [0.2, 0.25) is 0 Å². The number of hydrogen-bond donors (Lipinski definition) is 1. The van der Waals surface area contributed by atoms with Crippen molar-refractivity contribution >= 4 is 0 Å². The van der Waals surface area contributed by atoms with Crippen molar-refractivity contribution in [2.45, 2.75) is 19.6 Å². The van der Waals surface area contributed by atoms with Crippen LogP contribution in [0.4, 0.5) is 0 Å². The largest absolute Gasteiger partial charge is 0.338 e. The number of aromatic nitrogens is 5. The van der Waals surface area contributed by atoms with Crippen LogP contribution in [0.3, 0.4) is 0 Å². The predicted molar refractivity (Wildman–Crippen MR) is 78.7 cm³/mol. The SMILES string of the molecule is CN(Cc1cnn(-c2ccccc2)n1)Cc1noc(CN)n1. The van der Waals surface area contributed by atoms with Gasteiger partial charge < -0.3 is 10.3 Å². The Morgan fingerprint density at radius 2 is 2.05 bits per heavy atom. The fourth-order valence-corrected chi connectivity index (χ4v) is 2.06. The molecule has 2 aromatic heterocycles. The Morgan fingerprint density at radius 1 is 1.23 bits per heavy atom. The van der Waals surface area contributed by atoms with E-state index < -0.39 is 0 Å². The van der Waals surface area contributed by atoms with Gasteiger partial charge in [0.15, 0.2) is 5.82 Å². The molecule has 3 aromatic rings. The smallest absolute Gasteiger partial charge is 0.240 e. The summed E-state index contributed by atoms with van der Waals surface area (Å²) in [5.74, 6) is 1.05. The lowest BCUT2D eigenvalue weighted by Gasteiger charge is -2.11. The van der Waals surface area contributed by atoms with Crippen LogP contribution in [0.1, 0.15) is 17.4 Å². The van der Waals surface area contributed by atoms with Crippen LogP contribution in [0, 0.1) is 0 Å². The number of para-hydroxylation sites is 1. The molecule has 0 saturated heterocycles. The molecule has 0 aliphatic carbocycles. The highest BCUT2D eigenvalue weighted by atomic mass is 16.5. The number of hydrogen-bond acceptors (Lipinski definition) is 7. The lowest BCUT2D eigenvalue weighted by molar-refractivity contribution is 0.296. The summed E-state index contributed by atoms with van der Waals surface area (Å²) in [6.45, 7) is 1.45. The van der Waals surface area contributed by atoms with E-state index in [9.17, 15) is 0 Å². The molecule has 1 aromatic carbocycles. The van der Waals surface area contributed by atoms with E-state index in [1.165, 1.54) is 0 Å². The van der Waals surface area contributed by atoms with Gasteiger partial charge in [0.2, 0.25) is 5.89 Å². The van der Waals surface area contributed by atoms with E-state index in [0.29, 0.717) is 24.8 Å². The third kappa shape index (κ3) is 3.35. The first-order chi connectivity index (χ1) is 10.7. The van der Waals surface area contributed by atoms with E-state index in [1.54, 1.807) is 11.0 Å². The maximum absolute atomic E-state index is 5.44. The van der Waals surface area contributed by atoms with Crippen molar-refractivity contribution in [3.05, 3.63) is 53.9 Å². The molecule has 0 amide bonds. The van der Waals surface area contributed by atoms with Crippen LogP contribution in [0.15, 0.2) is 41.1 Å². The Morgan fingerprint density at radius 3 is 2.77 bits per heavy atom. The second-order valence-electron chi connectivity index (χ2n) is 4.94. The van der Waals surface area contributed by atoms with Gasteiger partial charge in [-0.25, -0.2) is 0 Å². The van der Waals surface area contributed by atoms with Gasteiger partial charge in [-0.15, -0.1) is 0 Å². The average molecular weight is 299 g/mol. The summed E-state index contributed by atoms with van der Waals surface area (Å²) in [6.07, 6.45) is 1.75. The quantitative estimate of drug-likeness (QED) is 0.716. The van der Waals surface area contributed by atoms with Gasteiger partial charge in [-0.3, -0.25) is 4.90 Å². The van der Waals surface area contributed by atoms with Crippen LogP contribution in [-0.2, 0) is 19.6 Å². The summed E-state index contributed by atoms with van der Waals surface area (Å²) >= 11 is 0. The van der Waals surface area contributed by atoms with Crippen LogP contribution < -0.4 is 5.73 Å². The van der Waals surface area contributed by atoms with Gasteiger partial charge in [0.25, 0.3) is 0 Å². The third-order valence-corrected chi connectivity index (χ3v) is 3.05. The van der Waals surface area contributed by atoms with Crippen LogP contribution >= 0.6 is 0 Å². The summed E-state index contributed by atoms with van der Waals surface area (Å²) in [5, 5.41) is 12.6. The highest BCUT2D eigenvalue weighted by Crippen LogP contribution is 2.07. The average Bonchev–Trinajstić information content (AvgIpc) is 3.17. The summed E-state index contributed by atoms with van der Waals surface area (Å²) in [7, 11) is 1.96. The molecule has 2 N–H and O–H groups in total. The van der Waals surface area contributed by atoms with Crippen LogP contribution in [-0.4, -0.2) is 37.1 Å². The van der Waals surface area contributed by atoms with Crippen molar-refractivity contribution < 1.29 is 4.52 Å². The standard InChI is InChI=1S/C14H17N7O/c1-20(10-13-17-14(7-15)22-19-13)9-11-8-16-21(18-11)12-5-3-2-4-6-12/h2-6,8H,7,9-10,15H2,1H3. The highest BCUT2D eigenvalue weighted by molar-refractivity contribution is 5.28. The molecule has 0 aliphatic heterocycles. The summed E-state index contributed by atoms with van der Waals surface area (Å²) in [4.78, 5) is 7.82. The lowest BCUT2D eigenvalue weighted by Crippen LogP contribution is -2.18. The van der Waals surface area contributed by atoms with E-state index in [4.69, 9.17) is 10.3 Å². The van der Waals surface area contributed by atoms with Crippen molar-refractivity contribution in [2.75, 3.05) is 7.05 Å². The topological polar surface area (TPSA) is 98.9 Å². The van der Waals surface area contributed by atoms with Gasteiger partial charge in [0.05, 0.1) is 30.7 Å². The molecular weight excluding hydrogens is 282 g/mol. The Balaban J connectivity index is 1.62. The predicted octanol–water partition coefficient (Wildman–Crippen LogP) is 0.741. The van der Waals surface area contributed by atoms with E-state index in [1.807, 2.05) is 42.3 Å². The van der Waals surface area contributed by atoms with E-state index in [2.05, 4.69) is 20.3 Å². The minimum atomic E-state index is 0.252. The molecule has 0 atom stereocenters. The van der Waals surface area contributed by atoms with Gasteiger partial charge in [0, 0.05) is 6.54 Å². The Labute approximate surface area is 127 Å². The van der Waals surface area contributed by atoms with Crippen molar-refractivity contribution in [3.8, 4) is 5.69 Å². The number of nitrogens with zero attached hydrogens (tertiary/aromatic N) is 6. The molecule has 2 heterocycles. The van der Waals surface area contributed by atoms with Gasteiger partial charge in [-0.1, -0.05) is 23.4 Å². The summed E-state index contributed by atoms with van der Waals surface area (Å²) in [6, 6.07) is 9.79. The van der Waals surface area contributed by atoms with Crippen molar-refractivity contribution in [3.63, 3.8) is 0 Å². The molecule has 0 bridgehead atoms. The number of nitrogens with two attached hydrogens (primary N) is 1. The first kappa shape index (κ1) is 14.4. The monoisotopic (exact) mass is 299 g/mol. The molecular formula is C14H17N7O. The molecule has 114 valence electrons. The molecule has 8 heteroatoms. The maximum atomic E-state index is 5.44. The normalized spacial score (nSPS) is 11.2. The minimum absolute atomic E-state index is 0.252.